The molecular formula is C12H10ClN5O2S. The number of hydrogen-bond acceptors (Lipinski definition) is 5. The smallest absolute Gasteiger partial charge is 0.258 e. The molecule has 3 rings (SSSR count). The van der Waals surface area contributed by atoms with E-state index in [0.717, 1.165) is 18.7 Å². The van der Waals surface area contributed by atoms with Gasteiger partial charge in [0.05, 0.1) is 11.1 Å². The summed E-state index contributed by atoms with van der Waals surface area (Å²) in [4.78, 5) is 10.3. The zero-order valence-corrected chi connectivity index (χ0v) is 12.3. The van der Waals surface area contributed by atoms with Crippen LogP contribution in [-0.2, 0) is 0 Å². The third-order valence-corrected chi connectivity index (χ3v) is 3.69. The first-order chi connectivity index (χ1) is 10.1. The summed E-state index contributed by atoms with van der Waals surface area (Å²) in [6.07, 6.45) is 3.64. The monoisotopic (exact) mass is 323 g/mol. The number of halogens is 1. The largest absolute Gasteiger partial charge is 0.288 e. The van der Waals surface area contributed by atoms with Crippen LogP contribution in [0.15, 0.2) is 23.3 Å². The number of benzene rings is 1. The van der Waals surface area contributed by atoms with Crippen LogP contribution < -0.4 is 0 Å². The predicted molar refractivity (Wildman–Crippen MR) is 80.5 cm³/mol. The van der Waals surface area contributed by atoms with Gasteiger partial charge in [0.25, 0.3) is 5.69 Å². The average Bonchev–Trinajstić information content (AvgIpc) is 3.22. The lowest BCUT2D eigenvalue weighted by atomic mass is 10.2. The number of H-pyrrole nitrogens is 1. The highest BCUT2D eigenvalue weighted by Crippen LogP contribution is 2.38. The van der Waals surface area contributed by atoms with Crippen molar-refractivity contribution in [2.24, 2.45) is 5.10 Å². The number of nitro benzene ring substituents is 1. The molecule has 0 saturated heterocycles. The van der Waals surface area contributed by atoms with Crippen molar-refractivity contribution in [1.82, 2.24) is 14.9 Å². The Hall–Kier alpha value is -2.06. The minimum Gasteiger partial charge on any atom is -0.258 e. The van der Waals surface area contributed by atoms with Crippen molar-refractivity contribution in [3.63, 3.8) is 0 Å². The molecule has 2 aromatic rings. The van der Waals surface area contributed by atoms with Gasteiger partial charge < -0.3 is 0 Å². The van der Waals surface area contributed by atoms with Crippen molar-refractivity contribution >= 4 is 35.7 Å². The lowest BCUT2D eigenvalue weighted by Crippen LogP contribution is -1.98. The summed E-state index contributed by atoms with van der Waals surface area (Å²) < 4.78 is 1.95. The molecule has 1 heterocycles. The van der Waals surface area contributed by atoms with Crippen LogP contribution in [-0.4, -0.2) is 26.0 Å². The van der Waals surface area contributed by atoms with E-state index in [2.05, 4.69) is 15.3 Å². The zero-order valence-electron chi connectivity index (χ0n) is 10.7. The second-order valence-electron chi connectivity index (χ2n) is 4.69. The van der Waals surface area contributed by atoms with Crippen LogP contribution >= 0.6 is 23.8 Å². The van der Waals surface area contributed by atoms with Gasteiger partial charge in [0.1, 0.15) is 5.02 Å². The highest BCUT2D eigenvalue weighted by molar-refractivity contribution is 7.71. The van der Waals surface area contributed by atoms with Crippen LogP contribution in [0.3, 0.4) is 0 Å². The Bertz CT molecular complexity index is 793. The number of aromatic amines is 1. The van der Waals surface area contributed by atoms with E-state index in [9.17, 15) is 10.1 Å². The summed E-state index contributed by atoms with van der Waals surface area (Å²) in [6, 6.07) is 4.49. The Balaban J connectivity index is 1.93. The van der Waals surface area contributed by atoms with E-state index in [4.69, 9.17) is 23.8 Å². The SMILES string of the molecule is O=[N+]([O-])c1cc(/C=N\n2c(C3CC3)n[nH]c2=S)ccc1Cl. The van der Waals surface area contributed by atoms with Gasteiger partial charge in [-0.05, 0) is 31.1 Å². The summed E-state index contributed by atoms with van der Waals surface area (Å²) in [5.74, 6) is 1.18. The van der Waals surface area contributed by atoms with E-state index in [-0.39, 0.29) is 10.7 Å². The van der Waals surface area contributed by atoms with Gasteiger partial charge in [-0.25, -0.2) is 0 Å². The number of nitrogens with one attached hydrogen (secondary N) is 1. The van der Waals surface area contributed by atoms with Gasteiger partial charge >= 0.3 is 0 Å². The maximum atomic E-state index is 10.9. The Morgan fingerprint density at radius 2 is 2.33 bits per heavy atom. The van der Waals surface area contributed by atoms with E-state index < -0.39 is 4.92 Å². The summed E-state index contributed by atoms with van der Waals surface area (Å²) in [5.41, 5.74) is 0.412. The Morgan fingerprint density at radius 3 is 3.00 bits per heavy atom. The normalized spacial score (nSPS) is 14.7. The Kier molecular flexibility index (Phi) is 3.56. The standard InChI is InChI=1S/C12H10ClN5O2S/c13-9-4-1-7(5-10(9)18(19)20)6-14-17-11(8-2-3-8)15-16-12(17)21/h1,4-6,8H,2-3H2,(H,16,21)/b14-6-. The second kappa shape index (κ2) is 5.38. The van der Waals surface area contributed by atoms with E-state index in [1.165, 1.54) is 18.3 Å². The Morgan fingerprint density at radius 1 is 1.57 bits per heavy atom. The molecule has 1 N–H and O–H groups in total. The lowest BCUT2D eigenvalue weighted by Gasteiger charge is -1.99. The second-order valence-corrected chi connectivity index (χ2v) is 5.48. The van der Waals surface area contributed by atoms with Crippen molar-refractivity contribution in [1.29, 1.82) is 0 Å². The molecule has 0 atom stereocenters. The highest BCUT2D eigenvalue weighted by atomic mass is 35.5. The van der Waals surface area contributed by atoms with Gasteiger partial charge in [-0.1, -0.05) is 17.7 Å². The third-order valence-electron chi connectivity index (χ3n) is 3.11. The predicted octanol–water partition coefficient (Wildman–Crippen LogP) is 3.26. The maximum Gasteiger partial charge on any atom is 0.288 e. The summed E-state index contributed by atoms with van der Waals surface area (Å²) in [7, 11) is 0. The summed E-state index contributed by atoms with van der Waals surface area (Å²) >= 11 is 10.9. The molecule has 21 heavy (non-hydrogen) atoms. The molecule has 0 bridgehead atoms. The molecule has 0 radical (unpaired) electrons. The molecule has 0 unspecified atom stereocenters. The van der Waals surface area contributed by atoms with Crippen LogP contribution in [0.5, 0.6) is 0 Å². The van der Waals surface area contributed by atoms with Gasteiger partial charge in [0.2, 0.25) is 4.77 Å². The van der Waals surface area contributed by atoms with E-state index in [0.29, 0.717) is 16.3 Å². The number of hydrogen-bond donors (Lipinski definition) is 1. The Labute approximate surface area is 129 Å². The van der Waals surface area contributed by atoms with Crippen molar-refractivity contribution < 1.29 is 4.92 Å². The van der Waals surface area contributed by atoms with Gasteiger partial charge in [-0.2, -0.15) is 14.9 Å². The molecule has 1 aromatic heterocycles. The van der Waals surface area contributed by atoms with Crippen molar-refractivity contribution in [2.75, 3.05) is 0 Å². The summed E-state index contributed by atoms with van der Waals surface area (Å²) in [5, 5.41) is 22.1. The van der Waals surface area contributed by atoms with Crippen LogP contribution in [0, 0.1) is 14.9 Å². The molecule has 9 heteroatoms. The quantitative estimate of drug-likeness (QED) is 0.405. The lowest BCUT2D eigenvalue weighted by molar-refractivity contribution is -0.384. The zero-order chi connectivity index (χ0) is 15.0. The van der Waals surface area contributed by atoms with E-state index in [1.807, 2.05) is 0 Å². The first-order valence-corrected chi connectivity index (χ1v) is 7.00. The third kappa shape index (κ3) is 2.86. The minimum absolute atomic E-state index is 0.0933. The molecule has 0 aliphatic heterocycles. The fourth-order valence-electron chi connectivity index (χ4n) is 1.90. The average molecular weight is 324 g/mol. The van der Waals surface area contributed by atoms with Crippen LogP contribution in [0.2, 0.25) is 5.02 Å². The topological polar surface area (TPSA) is 89.1 Å². The molecule has 0 spiro atoms. The first-order valence-electron chi connectivity index (χ1n) is 6.22. The van der Waals surface area contributed by atoms with Gasteiger partial charge in [0.15, 0.2) is 5.82 Å². The summed E-state index contributed by atoms with van der Waals surface area (Å²) in [6.45, 7) is 0. The maximum absolute atomic E-state index is 10.9. The highest BCUT2D eigenvalue weighted by Gasteiger charge is 2.29. The van der Waals surface area contributed by atoms with Crippen LogP contribution in [0.25, 0.3) is 0 Å². The number of nitrogens with zero attached hydrogens (tertiary/aromatic N) is 4. The van der Waals surface area contributed by atoms with Gasteiger partial charge in [-0.3, -0.25) is 15.2 Å². The van der Waals surface area contributed by atoms with Crippen molar-refractivity contribution in [3.05, 3.63) is 49.5 Å². The number of nitro groups is 1. The van der Waals surface area contributed by atoms with E-state index in [1.54, 1.807) is 10.7 Å². The van der Waals surface area contributed by atoms with E-state index >= 15 is 0 Å². The molecule has 7 nitrogen and oxygen atoms in total. The molecule has 1 fully saturated rings. The molecule has 1 aliphatic carbocycles. The van der Waals surface area contributed by atoms with Gasteiger partial charge in [0, 0.05) is 17.5 Å². The molecular weight excluding hydrogens is 314 g/mol. The van der Waals surface area contributed by atoms with Crippen molar-refractivity contribution in [2.45, 2.75) is 18.8 Å². The first kappa shape index (κ1) is 13.9. The van der Waals surface area contributed by atoms with Crippen LogP contribution in [0.1, 0.15) is 30.1 Å². The fraction of sp³-hybridized carbons (Fsp3) is 0.250. The molecule has 1 aromatic carbocycles. The molecule has 108 valence electrons. The minimum atomic E-state index is -0.529. The van der Waals surface area contributed by atoms with Gasteiger partial charge in [-0.15, -0.1) is 0 Å². The number of rotatable bonds is 4. The van der Waals surface area contributed by atoms with Crippen LogP contribution in [0.4, 0.5) is 5.69 Å². The van der Waals surface area contributed by atoms with Crippen molar-refractivity contribution in [3.8, 4) is 0 Å². The molecule has 1 saturated carbocycles. The fourth-order valence-corrected chi connectivity index (χ4v) is 2.27. The molecule has 1 aliphatic rings. The molecule has 0 amide bonds. The number of aromatic nitrogens is 3.